The van der Waals surface area contributed by atoms with E-state index in [1.165, 1.54) is 17.8 Å². The fourth-order valence-corrected chi connectivity index (χ4v) is 4.59. The molecule has 0 saturated carbocycles. The van der Waals surface area contributed by atoms with Gasteiger partial charge in [0, 0.05) is 35.6 Å². The summed E-state index contributed by atoms with van der Waals surface area (Å²) in [4.78, 5) is 19.2. The van der Waals surface area contributed by atoms with Crippen molar-refractivity contribution in [1.29, 1.82) is 0 Å². The molecule has 1 N–H and O–H groups in total. The van der Waals surface area contributed by atoms with Gasteiger partial charge in [-0.15, -0.1) is 11.3 Å². The second-order valence-electron chi connectivity index (χ2n) is 6.76. The molecule has 2 aromatic rings. The quantitative estimate of drug-likeness (QED) is 0.887. The van der Waals surface area contributed by atoms with Crippen molar-refractivity contribution in [2.75, 3.05) is 26.2 Å². The highest BCUT2D eigenvalue weighted by Crippen LogP contribution is 2.37. The number of carbonyl (C=O) groups is 1. The first-order chi connectivity index (χ1) is 11.7. The van der Waals surface area contributed by atoms with Gasteiger partial charge >= 0.3 is 0 Å². The van der Waals surface area contributed by atoms with E-state index < -0.39 is 0 Å². The van der Waals surface area contributed by atoms with Crippen LogP contribution in [0.4, 0.5) is 0 Å². The van der Waals surface area contributed by atoms with Gasteiger partial charge in [0.2, 0.25) is 0 Å². The van der Waals surface area contributed by atoms with Crippen LogP contribution in [0, 0.1) is 5.41 Å². The molecule has 0 radical (unpaired) electrons. The summed E-state index contributed by atoms with van der Waals surface area (Å²) >= 11 is 7.43. The van der Waals surface area contributed by atoms with Crippen molar-refractivity contribution >= 4 is 28.8 Å². The molecule has 3 heterocycles. The first-order valence-electron chi connectivity index (χ1n) is 8.37. The smallest absolute Gasteiger partial charge is 0.273 e. The van der Waals surface area contributed by atoms with Gasteiger partial charge in [0.25, 0.3) is 5.91 Å². The van der Waals surface area contributed by atoms with Crippen LogP contribution in [0.3, 0.4) is 0 Å². The zero-order valence-electron chi connectivity index (χ0n) is 13.4. The molecule has 0 aliphatic carbocycles. The third-order valence-electron chi connectivity index (χ3n) is 5.26. The number of nitrogens with zero attached hydrogens (tertiary/aromatic N) is 2. The van der Waals surface area contributed by atoms with E-state index in [4.69, 9.17) is 11.6 Å². The lowest BCUT2D eigenvalue weighted by Crippen LogP contribution is -2.44. The normalized spacial score (nSPS) is 19.8. The third-order valence-corrected chi connectivity index (χ3v) is 6.40. The van der Waals surface area contributed by atoms with Crippen LogP contribution in [0.1, 0.15) is 29.8 Å². The molecule has 0 unspecified atom stereocenters. The van der Waals surface area contributed by atoms with E-state index in [2.05, 4.69) is 10.3 Å². The lowest BCUT2D eigenvalue weighted by molar-refractivity contribution is 0.0603. The summed E-state index contributed by atoms with van der Waals surface area (Å²) in [5, 5.41) is 6.90. The molecule has 0 atom stereocenters. The minimum atomic E-state index is 0.0623. The Kier molecular flexibility index (Phi) is 4.33. The van der Waals surface area contributed by atoms with Crippen molar-refractivity contribution in [3.8, 4) is 10.6 Å². The zero-order valence-corrected chi connectivity index (χ0v) is 15.0. The average Bonchev–Trinajstić information content (AvgIpc) is 3.26. The van der Waals surface area contributed by atoms with E-state index in [0.29, 0.717) is 16.1 Å². The standard InChI is InChI=1S/C18H20ClN3OS/c19-14-3-1-13(2-4-14)16-21-15(11-24-16)17(23)22-9-6-18(7-10-22)5-8-20-12-18/h1-4,11,20H,5-10,12H2. The molecule has 4 nitrogen and oxygen atoms in total. The molecule has 24 heavy (non-hydrogen) atoms. The number of thiazole rings is 1. The topological polar surface area (TPSA) is 45.2 Å². The molecule has 1 spiro atoms. The van der Waals surface area contributed by atoms with Gasteiger partial charge in [0.15, 0.2) is 0 Å². The Balaban J connectivity index is 1.45. The molecule has 1 amide bonds. The number of likely N-dealkylation sites (tertiary alicyclic amines) is 1. The van der Waals surface area contributed by atoms with Gasteiger partial charge in [-0.2, -0.15) is 0 Å². The summed E-state index contributed by atoms with van der Waals surface area (Å²) in [5.74, 6) is 0.0623. The van der Waals surface area contributed by atoms with Crippen LogP contribution >= 0.6 is 22.9 Å². The Hall–Kier alpha value is -1.43. The summed E-state index contributed by atoms with van der Waals surface area (Å²) in [7, 11) is 0. The van der Waals surface area contributed by atoms with Crippen molar-refractivity contribution in [3.63, 3.8) is 0 Å². The summed E-state index contributed by atoms with van der Waals surface area (Å²) in [5.41, 5.74) is 1.98. The molecule has 2 aliphatic heterocycles. The number of nitrogens with one attached hydrogen (secondary N) is 1. The maximum Gasteiger partial charge on any atom is 0.273 e. The van der Waals surface area contributed by atoms with Gasteiger partial charge in [0.05, 0.1) is 0 Å². The summed E-state index contributed by atoms with van der Waals surface area (Å²) in [6, 6.07) is 7.57. The van der Waals surface area contributed by atoms with Gasteiger partial charge in [-0.3, -0.25) is 4.79 Å². The van der Waals surface area contributed by atoms with Crippen LogP contribution in [-0.2, 0) is 0 Å². The van der Waals surface area contributed by atoms with Gasteiger partial charge in [-0.25, -0.2) is 4.98 Å². The second kappa shape index (κ2) is 6.47. The largest absolute Gasteiger partial charge is 0.337 e. The highest BCUT2D eigenvalue weighted by atomic mass is 35.5. The number of aromatic nitrogens is 1. The Labute approximate surface area is 150 Å². The Morgan fingerprint density at radius 3 is 2.62 bits per heavy atom. The number of amides is 1. The Bertz CT molecular complexity index is 727. The monoisotopic (exact) mass is 361 g/mol. The molecule has 2 saturated heterocycles. The minimum absolute atomic E-state index is 0.0623. The first kappa shape index (κ1) is 16.1. The molecule has 0 bridgehead atoms. The summed E-state index contributed by atoms with van der Waals surface area (Å²) in [6.07, 6.45) is 3.44. The maximum atomic E-state index is 12.7. The predicted octanol–water partition coefficient (Wildman–Crippen LogP) is 3.68. The van der Waals surface area contributed by atoms with Crippen molar-refractivity contribution in [3.05, 3.63) is 40.4 Å². The fourth-order valence-electron chi connectivity index (χ4n) is 3.67. The van der Waals surface area contributed by atoms with Gasteiger partial charge in [0.1, 0.15) is 10.7 Å². The number of piperidine rings is 1. The predicted molar refractivity (Wildman–Crippen MR) is 97.6 cm³/mol. The maximum absolute atomic E-state index is 12.7. The number of rotatable bonds is 2. The van der Waals surface area contributed by atoms with Crippen LogP contribution in [0.2, 0.25) is 5.02 Å². The summed E-state index contributed by atoms with van der Waals surface area (Å²) in [6.45, 7) is 3.90. The highest BCUT2D eigenvalue weighted by molar-refractivity contribution is 7.13. The first-order valence-corrected chi connectivity index (χ1v) is 9.63. The molecular weight excluding hydrogens is 342 g/mol. The summed E-state index contributed by atoms with van der Waals surface area (Å²) < 4.78 is 0. The van der Waals surface area contributed by atoms with Gasteiger partial charge in [-0.05, 0) is 43.4 Å². The fraction of sp³-hybridized carbons (Fsp3) is 0.444. The molecule has 1 aromatic heterocycles. The molecular formula is C18H20ClN3OS. The van der Waals surface area contributed by atoms with E-state index in [9.17, 15) is 4.79 Å². The van der Waals surface area contributed by atoms with E-state index >= 15 is 0 Å². The van der Waals surface area contributed by atoms with E-state index in [1.807, 2.05) is 34.5 Å². The Morgan fingerprint density at radius 2 is 1.96 bits per heavy atom. The highest BCUT2D eigenvalue weighted by Gasteiger charge is 2.38. The molecule has 2 aliphatic rings. The number of carbonyl (C=O) groups excluding carboxylic acids is 1. The van der Waals surface area contributed by atoms with E-state index in [-0.39, 0.29) is 5.91 Å². The molecule has 6 heteroatoms. The van der Waals surface area contributed by atoms with Crippen LogP contribution in [0.15, 0.2) is 29.6 Å². The van der Waals surface area contributed by atoms with Crippen LogP contribution in [-0.4, -0.2) is 42.0 Å². The SMILES string of the molecule is O=C(c1csc(-c2ccc(Cl)cc2)n1)N1CCC2(CCNC2)CC1. The van der Waals surface area contributed by atoms with Crippen LogP contribution < -0.4 is 5.32 Å². The lowest BCUT2D eigenvalue weighted by atomic mass is 9.78. The van der Waals surface area contributed by atoms with Crippen molar-refractivity contribution in [1.82, 2.24) is 15.2 Å². The van der Waals surface area contributed by atoms with Crippen LogP contribution in [0.25, 0.3) is 10.6 Å². The van der Waals surface area contributed by atoms with E-state index in [1.54, 1.807) is 0 Å². The Morgan fingerprint density at radius 1 is 1.21 bits per heavy atom. The van der Waals surface area contributed by atoms with E-state index in [0.717, 1.165) is 49.6 Å². The number of benzene rings is 1. The lowest BCUT2D eigenvalue weighted by Gasteiger charge is -2.38. The van der Waals surface area contributed by atoms with Crippen LogP contribution in [0.5, 0.6) is 0 Å². The zero-order chi connectivity index (χ0) is 16.6. The van der Waals surface area contributed by atoms with Gasteiger partial charge in [-0.1, -0.05) is 23.7 Å². The average molecular weight is 362 g/mol. The second-order valence-corrected chi connectivity index (χ2v) is 8.06. The number of halogens is 1. The van der Waals surface area contributed by atoms with Gasteiger partial charge < -0.3 is 10.2 Å². The molecule has 1 aromatic carbocycles. The van der Waals surface area contributed by atoms with Crippen molar-refractivity contribution in [2.45, 2.75) is 19.3 Å². The minimum Gasteiger partial charge on any atom is -0.337 e. The molecule has 126 valence electrons. The number of hydrogen-bond donors (Lipinski definition) is 1. The molecule has 4 rings (SSSR count). The third kappa shape index (κ3) is 3.08. The van der Waals surface area contributed by atoms with Crippen molar-refractivity contribution < 1.29 is 4.79 Å². The number of hydrogen-bond acceptors (Lipinski definition) is 4. The molecule has 2 fully saturated rings. The van der Waals surface area contributed by atoms with Crippen molar-refractivity contribution in [2.24, 2.45) is 5.41 Å².